The van der Waals surface area contributed by atoms with Crippen LogP contribution in [0.25, 0.3) is 0 Å². The number of thiophene rings is 1. The quantitative estimate of drug-likeness (QED) is 0.714. The van der Waals surface area contributed by atoms with Gasteiger partial charge < -0.3 is 10.1 Å². The number of carbonyl (C=O) groups is 2. The van der Waals surface area contributed by atoms with Gasteiger partial charge in [-0.05, 0) is 48.9 Å². The molecule has 1 saturated heterocycles. The first-order chi connectivity index (χ1) is 16.1. The SMILES string of the molecule is CC1=C(C(=O)Nc2ccccc2)C(c2cc(CN3CCOCC3)cs2)C2C(=O)CCCC2=N1. The monoisotopic (exact) mass is 463 g/mol. The highest BCUT2D eigenvalue weighted by molar-refractivity contribution is 7.10. The summed E-state index contributed by atoms with van der Waals surface area (Å²) < 4.78 is 5.47. The smallest absolute Gasteiger partial charge is 0.254 e. The van der Waals surface area contributed by atoms with E-state index in [2.05, 4.69) is 21.7 Å². The number of benzene rings is 1. The van der Waals surface area contributed by atoms with Crippen LogP contribution < -0.4 is 5.32 Å². The Labute approximate surface area is 198 Å². The number of amides is 1. The third kappa shape index (κ3) is 4.71. The number of para-hydroxylation sites is 1. The highest BCUT2D eigenvalue weighted by Crippen LogP contribution is 2.45. The molecule has 7 heteroatoms. The molecule has 0 radical (unpaired) electrons. The molecule has 33 heavy (non-hydrogen) atoms. The van der Waals surface area contributed by atoms with E-state index < -0.39 is 0 Å². The Balaban J connectivity index is 1.48. The molecule has 2 unspecified atom stereocenters. The first-order valence-electron chi connectivity index (χ1n) is 11.6. The van der Waals surface area contributed by atoms with Crippen molar-refractivity contribution in [1.82, 2.24) is 4.90 Å². The van der Waals surface area contributed by atoms with Crippen LogP contribution in [0.3, 0.4) is 0 Å². The second-order valence-electron chi connectivity index (χ2n) is 8.94. The Kier molecular flexibility index (Phi) is 6.53. The summed E-state index contributed by atoms with van der Waals surface area (Å²) >= 11 is 1.65. The zero-order valence-electron chi connectivity index (χ0n) is 18.9. The number of hydrogen-bond acceptors (Lipinski definition) is 6. The van der Waals surface area contributed by atoms with Crippen molar-refractivity contribution in [1.29, 1.82) is 0 Å². The Hall–Kier alpha value is -2.61. The summed E-state index contributed by atoms with van der Waals surface area (Å²) in [6.45, 7) is 6.15. The van der Waals surface area contributed by atoms with Crippen LogP contribution in [-0.2, 0) is 20.9 Å². The fraction of sp³-hybridized carbons (Fsp3) is 0.423. The standard InChI is InChI=1S/C26H29N3O3S/c1-17-23(26(31)28-19-6-3-2-4-7-19)25(24-20(27-17)8-5-9-21(24)30)22-14-18(16-33-22)15-29-10-12-32-13-11-29/h2-4,6-7,14,16,24-25H,5,8-13,15H2,1H3,(H,28,31). The number of hydrogen-bond donors (Lipinski definition) is 1. The minimum Gasteiger partial charge on any atom is -0.379 e. The van der Waals surface area contributed by atoms with E-state index in [9.17, 15) is 9.59 Å². The van der Waals surface area contributed by atoms with Crippen molar-refractivity contribution in [3.8, 4) is 0 Å². The van der Waals surface area contributed by atoms with Gasteiger partial charge in [0.1, 0.15) is 5.78 Å². The van der Waals surface area contributed by atoms with Crippen LogP contribution in [0.1, 0.15) is 42.5 Å². The molecule has 1 N–H and O–H groups in total. The lowest BCUT2D eigenvalue weighted by Gasteiger charge is -2.35. The number of Topliss-reactive ketones (excluding diaryl/α,β-unsaturated/α-hetero) is 1. The number of allylic oxidation sites excluding steroid dienone is 1. The van der Waals surface area contributed by atoms with Crippen LogP contribution in [0.2, 0.25) is 0 Å². The average Bonchev–Trinajstić information content (AvgIpc) is 3.27. The van der Waals surface area contributed by atoms with E-state index in [1.807, 2.05) is 37.3 Å². The van der Waals surface area contributed by atoms with Crippen molar-refractivity contribution in [3.05, 3.63) is 63.5 Å². The predicted molar refractivity (Wildman–Crippen MR) is 131 cm³/mol. The van der Waals surface area contributed by atoms with Crippen LogP contribution in [-0.4, -0.2) is 48.6 Å². The van der Waals surface area contributed by atoms with Gasteiger partial charge in [0, 0.05) is 59.5 Å². The summed E-state index contributed by atoms with van der Waals surface area (Å²) in [6.07, 6.45) is 2.22. The van der Waals surface area contributed by atoms with Gasteiger partial charge in [0.05, 0.1) is 19.1 Å². The number of morpholine rings is 1. The number of nitrogens with zero attached hydrogens (tertiary/aromatic N) is 2. The number of anilines is 1. The maximum absolute atomic E-state index is 13.5. The number of ketones is 1. The van der Waals surface area contributed by atoms with Crippen molar-refractivity contribution in [2.45, 2.75) is 38.6 Å². The Morgan fingerprint density at radius 3 is 2.76 bits per heavy atom. The second kappa shape index (κ2) is 9.71. The lowest BCUT2D eigenvalue weighted by atomic mass is 9.71. The molecule has 172 valence electrons. The molecule has 1 saturated carbocycles. The molecule has 1 aliphatic carbocycles. The molecule has 2 atom stereocenters. The van der Waals surface area contributed by atoms with Crippen molar-refractivity contribution in [2.24, 2.45) is 10.9 Å². The molecule has 6 nitrogen and oxygen atoms in total. The lowest BCUT2D eigenvalue weighted by Crippen LogP contribution is -2.39. The minimum atomic E-state index is -0.339. The van der Waals surface area contributed by atoms with E-state index >= 15 is 0 Å². The maximum Gasteiger partial charge on any atom is 0.254 e. The highest BCUT2D eigenvalue weighted by Gasteiger charge is 2.43. The molecule has 5 rings (SSSR count). The van der Waals surface area contributed by atoms with E-state index in [1.165, 1.54) is 5.56 Å². The number of aliphatic imine (C=N–C) groups is 1. The number of rotatable bonds is 5. The molecular weight excluding hydrogens is 434 g/mol. The normalized spacial score (nSPS) is 23.8. The minimum absolute atomic E-state index is 0.173. The third-order valence-corrected chi connectivity index (χ3v) is 7.74. The summed E-state index contributed by atoms with van der Waals surface area (Å²) in [4.78, 5) is 34.8. The van der Waals surface area contributed by atoms with Crippen molar-refractivity contribution in [3.63, 3.8) is 0 Å². The van der Waals surface area contributed by atoms with Crippen molar-refractivity contribution < 1.29 is 14.3 Å². The first kappa shape index (κ1) is 22.2. The number of ether oxygens (including phenoxy) is 1. The third-order valence-electron chi connectivity index (χ3n) is 6.67. The Bertz CT molecular complexity index is 1100. The number of nitrogens with one attached hydrogen (secondary N) is 1. The molecule has 1 aromatic carbocycles. The molecule has 1 aromatic heterocycles. The van der Waals surface area contributed by atoms with E-state index in [0.717, 1.165) is 67.7 Å². The number of carbonyl (C=O) groups excluding carboxylic acids is 2. The molecule has 2 fully saturated rings. The van der Waals surface area contributed by atoms with Gasteiger partial charge in [-0.2, -0.15) is 0 Å². The van der Waals surface area contributed by atoms with Gasteiger partial charge in [-0.3, -0.25) is 19.5 Å². The summed E-state index contributed by atoms with van der Waals surface area (Å²) in [5, 5.41) is 5.20. The van der Waals surface area contributed by atoms with Gasteiger partial charge in [-0.15, -0.1) is 11.3 Å². The first-order valence-corrected chi connectivity index (χ1v) is 12.5. The summed E-state index contributed by atoms with van der Waals surface area (Å²) in [5.41, 5.74) is 4.24. The highest BCUT2D eigenvalue weighted by atomic mass is 32.1. The van der Waals surface area contributed by atoms with Gasteiger partial charge in [-0.1, -0.05) is 18.2 Å². The zero-order valence-corrected chi connectivity index (χ0v) is 19.7. The van der Waals surface area contributed by atoms with Gasteiger partial charge in [-0.25, -0.2) is 0 Å². The molecule has 0 bridgehead atoms. The zero-order chi connectivity index (χ0) is 22.8. The Morgan fingerprint density at radius 2 is 1.97 bits per heavy atom. The molecule has 3 heterocycles. The van der Waals surface area contributed by atoms with Crippen molar-refractivity contribution in [2.75, 3.05) is 31.6 Å². The van der Waals surface area contributed by atoms with E-state index in [4.69, 9.17) is 9.73 Å². The topological polar surface area (TPSA) is 71.0 Å². The van der Waals surface area contributed by atoms with Crippen LogP contribution in [0, 0.1) is 5.92 Å². The molecule has 3 aliphatic rings. The van der Waals surface area contributed by atoms with Gasteiger partial charge in [0.2, 0.25) is 0 Å². The van der Waals surface area contributed by atoms with Gasteiger partial charge in [0.25, 0.3) is 5.91 Å². The van der Waals surface area contributed by atoms with E-state index in [1.54, 1.807) is 11.3 Å². The lowest BCUT2D eigenvalue weighted by molar-refractivity contribution is -0.122. The molecule has 2 aromatic rings. The van der Waals surface area contributed by atoms with Gasteiger partial charge >= 0.3 is 0 Å². The summed E-state index contributed by atoms with van der Waals surface area (Å²) in [6, 6.07) is 11.6. The predicted octanol–water partition coefficient (Wildman–Crippen LogP) is 4.40. The average molecular weight is 464 g/mol. The fourth-order valence-corrected chi connectivity index (χ4v) is 6.15. The Morgan fingerprint density at radius 1 is 1.18 bits per heavy atom. The molecular formula is C26H29N3O3S. The van der Waals surface area contributed by atoms with Crippen LogP contribution in [0.5, 0.6) is 0 Å². The van der Waals surface area contributed by atoms with Crippen LogP contribution in [0.4, 0.5) is 5.69 Å². The summed E-state index contributed by atoms with van der Waals surface area (Å²) in [5.74, 6) is -0.593. The van der Waals surface area contributed by atoms with Crippen LogP contribution >= 0.6 is 11.3 Å². The fourth-order valence-electron chi connectivity index (χ4n) is 5.10. The molecule has 1 amide bonds. The molecule has 2 aliphatic heterocycles. The number of fused-ring (bicyclic) bond motifs is 1. The summed E-state index contributed by atoms with van der Waals surface area (Å²) in [7, 11) is 0. The van der Waals surface area contributed by atoms with Crippen molar-refractivity contribution >= 4 is 34.4 Å². The molecule has 0 spiro atoms. The van der Waals surface area contributed by atoms with Gasteiger partial charge in [0.15, 0.2) is 0 Å². The van der Waals surface area contributed by atoms with E-state index in [0.29, 0.717) is 12.0 Å². The van der Waals surface area contributed by atoms with E-state index in [-0.39, 0.29) is 23.5 Å². The van der Waals surface area contributed by atoms with Crippen LogP contribution in [0.15, 0.2) is 58.0 Å². The largest absolute Gasteiger partial charge is 0.379 e. The maximum atomic E-state index is 13.5. The second-order valence-corrected chi connectivity index (χ2v) is 9.89.